The van der Waals surface area contributed by atoms with Crippen molar-refractivity contribution in [3.63, 3.8) is 0 Å². The van der Waals surface area contributed by atoms with Gasteiger partial charge in [0, 0.05) is 6.61 Å². The summed E-state index contributed by atoms with van der Waals surface area (Å²) in [4.78, 5) is 20.5. The highest BCUT2D eigenvalue weighted by Crippen LogP contribution is 2.01. The first kappa shape index (κ1) is 25.1. The Kier molecular flexibility index (Phi) is 18.6. The molecular weight excluding hydrogens is 296 g/mol. The molecule has 2 atom stereocenters. The second-order valence-electron chi connectivity index (χ2n) is 4.93. The van der Waals surface area contributed by atoms with Gasteiger partial charge in [0.1, 0.15) is 12.1 Å². The van der Waals surface area contributed by atoms with Gasteiger partial charge in [-0.25, -0.2) is 0 Å². The van der Waals surface area contributed by atoms with Crippen LogP contribution in [-0.4, -0.2) is 52.5 Å². The molecule has 0 aliphatic carbocycles. The molecule has 0 aliphatic rings. The molecule has 0 radical (unpaired) electrons. The summed E-state index contributed by atoms with van der Waals surface area (Å²) in [6.45, 7) is 6.45. The minimum atomic E-state index is -0.913. The number of aliphatic hydroxyl groups is 1. The molecule has 0 saturated heterocycles. The summed E-state index contributed by atoms with van der Waals surface area (Å²) < 4.78 is 0. The quantitative estimate of drug-likeness (QED) is 0.413. The highest BCUT2D eigenvalue weighted by atomic mass is 32.1. The van der Waals surface area contributed by atoms with E-state index in [-0.39, 0.29) is 26.5 Å². The van der Waals surface area contributed by atoms with Gasteiger partial charge in [0.15, 0.2) is 0 Å². The number of hydrogen-bond donors (Lipinski definition) is 5. The van der Waals surface area contributed by atoms with E-state index in [1.54, 1.807) is 0 Å². The fraction of sp³-hybridized carbons (Fsp3) is 0.846. The lowest BCUT2D eigenvalue weighted by Gasteiger charge is -2.11. The molecule has 0 aromatic rings. The summed E-state index contributed by atoms with van der Waals surface area (Å²) in [7, 11) is 0. The number of nitrogens with one attached hydrogen (secondary N) is 1. The molecule has 6 N–H and O–H groups in total. The molecule has 0 rings (SSSR count). The van der Waals surface area contributed by atoms with Gasteiger partial charge in [-0.2, -0.15) is 13.5 Å². The van der Waals surface area contributed by atoms with Crippen LogP contribution in [0, 0.1) is 5.92 Å². The van der Waals surface area contributed by atoms with Gasteiger partial charge in [-0.15, -0.1) is 0 Å². The number of rotatable bonds is 9. The van der Waals surface area contributed by atoms with Crippen molar-refractivity contribution < 1.29 is 24.9 Å². The molecule has 0 heterocycles. The van der Waals surface area contributed by atoms with Crippen LogP contribution < -0.4 is 11.1 Å². The number of aliphatic hydroxyl groups excluding tert-OH is 1. The zero-order valence-corrected chi connectivity index (χ0v) is 14.0. The molecule has 0 bridgehead atoms. The van der Waals surface area contributed by atoms with Crippen LogP contribution in [0.4, 0.5) is 0 Å². The maximum Gasteiger partial charge on any atom is 0.320 e. The van der Waals surface area contributed by atoms with E-state index in [0.717, 1.165) is 6.42 Å². The maximum absolute atomic E-state index is 10.4. The molecule has 128 valence electrons. The van der Waals surface area contributed by atoms with E-state index in [0.29, 0.717) is 18.9 Å². The molecule has 8 heteroatoms. The Morgan fingerprint density at radius 3 is 1.95 bits per heavy atom. The molecular formula is C13H30N2O5S. The lowest BCUT2D eigenvalue weighted by atomic mass is 10.1. The molecule has 0 fully saturated rings. The number of nitrogens with two attached hydrogens (primary N) is 1. The Bertz CT molecular complexity index is 277. The van der Waals surface area contributed by atoms with E-state index in [9.17, 15) is 9.59 Å². The maximum atomic E-state index is 10.4. The van der Waals surface area contributed by atoms with Crippen LogP contribution in [0.1, 0.15) is 40.0 Å². The minimum Gasteiger partial charge on any atom is -0.480 e. The van der Waals surface area contributed by atoms with Crippen molar-refractivity contribution in [2.24, 2.45) is 11.7 Å². The van der Waals surface area contributed by atoms with Gasteiger partial charge >= 0.3 is 11.9 Å². The largest absolute Gasteiger partial charge is 0.480 e. The zero-order chi connectivity index (χ0) is 16.1. The van der Waals surface area contributed by atoms with Crippen LogP contribution in [-0.2, 0) is 9.59 Å². The molecule has 0 saturated carbocycles. The van der Waals surface area contributed by atoms with Crippen molar-refractivity contribution in [3.8, 4) is 0 Å². The molecule has 0 amide bonds. The Morgan fingerprint density at radius 2 is 1.71 bits per heavy atom. The highest BCUT2D eigenvalue weighted by Gasteiger charge is 2.14. The Hall–Kier alpha value is -0.830. The van der Waals surface area contributed by atoms with Gasteiger partial charge < -0.3 is 26.4 Å². The van der Waals surface area contributed by atoms with Crippen LogP contribution in [0.3, 0.4) is 0 Å². The van der Waals surface area contributed by atoms with Crippen molar-refractivity contribution in [1.29, 1.82) is 0 Å². The summed E-state index contributed by atoms with van der Waals surface area (Å²) >= 11 is 0. The lowest BCUT2D eigenvalue weighted by Crippen LogP contribution is -2.37. The molecule has 0 spiro atoms. The van der Waals surface area contributed by atoms with Crippen LogP contribution in [0.2, 0.25) is 0 Å². The van der Waals surface area contributed by atoms with Gasteiger partial charge in [-0.05, 0) is 31.7 Å². The first-order chi connectivity index (χ1) is 9.26. The fourth-order valence-electron chi connectivity index (χ4n) is 1.37. The van der Waals surface area contributed by atoms with Crippen molar-refractivity contribution >= 4 is 25.4 Å². The summed E-state index contributed by atoms with van der Waals surface area (Å²) in [6, 6.07) is -1.29. The third-order valence-corrected chi connectivity index (χ3v) is 2.40. The van der Waals surface area contributed by atoms with Crippen molar-refractivity contribution in [2.75, 3.05) is 13.2 Å². The predicted molar refractivity (Wildman–Crippen MR) is 86.9 cm³/mol. The third-order valence-electron chi connectivity index (χ3n) is 2.40. The van der Waals surface area contributed by atoms with E-state index in [2.05, 4.69) is 5.32 Å². The van der Waals surface area contributed by atoms with E-state index in [4.69, 9.17) is 21.1 Å². The monoisotopic (exact) mass is 326 g/mol. The number of carboxylic acid groups (broad SMARTS) is 2. The molecule has 0 aromatic carbocycles. The molecule has 7 nitrogen and oxygen atoms in total. The fourth-order valence-corrected chi connectivity index (χ4v) is 1.37. The summed E-state index contributed by atoms with van der Waals surface area (Å²) in [5.74, 6) is -1.45. The van der Waals surface area contributed by atoms with E-state index in [1.165, 1.54) is 0 Å². The van der Waals surface area contributed by atoms with Gasteiger partial charge in [-0.1, -0.05) is 20.8 Å². The van der Waals surface area contributed by atoms with Gasteiger partial charge in [0.2, 0.25) is 0 Å². The first-order valence-corrected chi connectivity index (χ1v) is 6.81. The van der Waals surface area contributed by atoms with Crippen LogP contribution in [0.15, 0.2) is 0 Å². The van der Waals surface area contributed by atoms with Crippen LogP contribution in [0.25, 0.3) is 0 Å². The topological polar surface area (TPSA) is 133 Å². The Labute approximate surface area is 133 Å². The Morgan fingerprint density at radius 1 is 1.19 bits per heavy atom. The molecule has 2 unspecified atom stereocenters. The highest BCUT2D eigenvalue weighted by molar-refractivity contribution is 7.59. The van der Waals surface area contributed by atoms with Gasteiger partial charge in [-0.3, -0.25) is 9.59 Å². The zero-order valence-electron chi connectivity index (χ0n) is 13.0. The number of aliphatic carboxylic acids is 2. The molecule has 21 heavy (non-hydrogen) atoms. The number of carboxylic acids is 2. The van der Waals surface area contributed by atoms with Crippen LogP contribution in [0.5, 0.6) is 0 Å². The van der Waals surface area contributed by atoms with Gasteiger partial charge in [0.25, 0.3) is 0 Å². The number of hydrogen-bond acceptors (Lipinski definition) is 5. The van der Waals surface area contributed by atoms with E-state index in [1.807, 2.05) is 20.8 Å². The second kappa shape index (κ2) is 15.6. The second-order valence-corrected chi connectivity index (χ2v) is 4.93. The van der Waals surface area contributed by atoms with Crippen molar-refractivity contribution in [3.05, 3.63) is 0 Å². The first-order valence-electron chi connectivity index (χ1n) is 6.81. The molecule has 0 aliphatic heterocycles. The Balaban J connectivity index is -0.000000300. The van der Waals surface area contributed by atoms with E-state index >= 15 is 0 Å². The van der Waals surface area contributed by atoms with E-state index < -0.39 is 24.0 Å². The smallest absolute Gasteiger partial charge is 0.320 e. The average Bonchev–Trinajstić information content (AvgIpc) is 2.34. The van der Waals surface area contributed by atoms with Crippen molar-refractivity contribution in [2.45, 2.75) is 52.1 Å². The third kappa shape index (κ3) is 17.1. The minimum absolute atomic E-state index is 0. The normalized spacial score (nSPS) is 12.7. The lowest BCUT2D eigenvalue weighted by molar-refractivity contribution is -0.140. The van der Waals surface area contributed by atoms with Crippen molar-refractivity contribution in [1.82, 2.24) is 5.32 Å². The van der Waals surface area contributed by atoms with Gasteiger partial charge in [0.05, 0.1) is 0 Å². The number of carbonyl (C=O) groups is 2. The summed E-state index contributed by atoms with van der Waals surface area (Å²) in [6.07, 6.45) is 1.72. The molecule has 0 aromatic heterocycles. The SMILES string of the molecule is CC(C)CC(N)C(=O)O.CCCNC(CCO)C(=O)O.S. The summed E-state index contributed by atoms with van der Waals surface area (Å²) in [5.41, 5.74) is 5.22. The predicted octanol–water partition coefficient (Wildman–Crippen LogP) is 0.379. The summed E-state index contributed by atoms with van der Waals surface area (Å²) in [5, 5.41) is 28.2. The average molecular weight is 326 g/mol. The van der Waals surface area contributed by atoms with Crippen LogP contribution >= 0.6 is 13.5 Å². The standard InChI is InChI=1S/C7H15NO3.C6H13NO2.H2S/c1-2-4-8-6(3-5-9)7(10)11;1-4(2)3-5(7)6(8)9;/h6,8-9H,2-5H2,1H3,(H,10,11);4-5H,3,7H2,1-2H3,(H,8,9);1H2.